The molecule has 0 aliphatic rings. The van der Waals surface area contributed by atoms with E-state index in [-0.39, 0.29) is 24.5 Å². The van der Waals surface area contributed by atoms with Gasteiger partial charge in [-0.05, 0) is 37.0 Å². The molecule has 0 fully saturated rings. The van der Waals surface area contributed by atoms with Gasteiger partial charge >= 0.3 is 0 Å². The minimum absolute atomic E-state index is 0.0158. The average Bonchev–Trinajstić information content (AvgIpc) is 2.32. The lowest BCUT2D eigenvalue weighted by atomic mass is 10.0. The van der Waals surface area contributed by atoms with Crippen LogP contribution in [0.3, 0.4) is 0 Å². The number of carbonyl (C=O) groups is 1. The Balaban J connectivity index is 2.68. The van der Waals surface area contributed by atoms with Crippen molar-refractivity contribution in [2.24, 2.45) is 5.92 Å². The van der Waals surface area contributed by atoms with Crippen molar-refractivity contribution in [1.82, 2.24) is 5.32 Å². The van der Waals surface area contributed by atoms with Gasteiger partial charge in [0.25, 0.3) is 0 Å². The van der Waals surface area contributed by atoms with E-state index in [4.69, 9.17) is 0 Å². The van der Waals surface area contributed by atoms with Crippen LogP contribution in [-0.2, 0) is 11.2 Å². The van der Waals surface area contributed by atoms with E-state index in [1.807, 2.05) is 19.9 Å². The van der Waals surface area contributed by atoms with Crippen LogP contribution in [0, 0.1) is 19.8 Å². The fourth-order valence-electron chi connectivity index (χ4n) is 1.74. The molecule has 3 nitrogen and oxygen atoms in total. The van der Waals surface area contributed by atoms with Gasteiger partial charge in [-0.15, -0.1) is 0 Å². The first-order valence-electron chi connectivity index (χ1n) is 6.41. The highest BCUT2D eigenvalue weighted by Gasteiger charge is 2.14. The summed E-state index contributed by atoms with van der Waals surface area (Å²) in [5.74, 6) is -0.0725. The number of rotatable bonds is 5. The van der Waals surface area contributed by atoms with Crippen LogP contribution in [0.15, 0.2) is 18.2 Å². The minimum atomic E-state index is -0.206. The van der Waals surface area contributed by atoms with E-state index in [0.717, 1.165) is 5.56 Å². The Morgan fingerprint density at radius 3 is 2.44 bits per heavy atom. The molecule has 0 aliphatic heterocycles. The molecule has 1 aromatic carbocycles. The van der Waals surface area contributed by atoms with Crippen LogP contribution in [-0.4, -0.2) is 23.7 Å². The number of hydrogen-bond acceptors (Lipinski definition) is 2. The van der Waals surface area contributed by atoms with Gasteiger partial charge in [0.1, 0.15) is 0 Å². The molecule has 0 saturated heterocycles. The SMILES string of the molecule is Cc1ccc(C[C@H](CO)NC(=O)C(C)C)cc1C. The van der Waals surface area contributed by atoms with Crippen molar-refractivity contribution in [3.8, 4) is 0 Å². The molecule has 18 heavy (non-hydrogen) atoms. The number of nitrogens with one attached hydrogen (secondary N) is 1. The van der Waals surface area contributed by atoms with Crippen molar-refractivity contribution >= 4 is 5.91 Å². The molecule has 1 atom stereocenters. The fourth-order valence-corrected chi connectivity index (χ4v) is 1.74. The normalized spacial score (nSPS) is 12.6. The summed E-state index contributed by atoms with van der Waals surface area (Å²) >= 11 is 0. The summed E-state index contributed by atoms with van der Waals surface area (Å²) < 4.78 is 0. The number of aliphatic hydroxyl groups excluding tert-OH is 1. The lowest BCUT2D eigenvalue weighted by Gasteiger charge is -2.18. The van der Waals surface area contributed by atoms with Gasteiger partial charge in [0.2, 0.25) is 5.91 Å². The third-order valence-corrected chi connectivity index (χ3v) is 3.14. The largest absolute Gasteiger partial charge is 0.394 e. The zero-order chi connectivity index (χ0) is 13.7. The van der Waals surface area contributed by atoms with Crippen molar-refractivity contribution in [1.29, 1.82) is 0 Å². The van der Waals surface area contributed by atoms with Gasteiger partial charge < -0.3 is 10.4 Å². The molecule has 0 aliphatic carbocycles. The number of carbonyl (C=O) groups excluding carboxylic acids is 1. The van der Waals surface area contributed by atoms with E-state index in [1.54, 1.807) is 0 Å². The van der Waals surface area contributed by atoms with E-state index in [2.05, 4.69) is 31.3 Å². The minimum Gasteiger partial charge on any atom is -0.394 e. The maximum Gasteiger partial charge on any atom is 0.222 e. The second-order valence-electron chi connectivity index (χ2n) is 5.17. The average molecular weight is 249 g/mol. The molecule has 0 heterocycles. The Morgan fingerprint density at radius 2 is 1.94 bits per heavy atom. The number of benzene rings is 1. The molecule has 1 aromatic rings. The van der Waals surface area contributed by atoms with Crippen LogP contribution in [0.2, 0.25) is 0 Å². The predicted molar refractivity (Wildman–Crippen MR) is 73.5 cm³/mol. The smallest absolute Gasteiger partial charge is 0.222 e. The Morgan fingerprint density at radius 1 is 1.28 bits per heavy atom. The van der Waals surface area contributed by atoms with Gasteiger partial charge in [0, 0.05) is 5.92 Å². The molecule has 0 radical (unpaired) electrons. The summed E-state index contributed by atoms with van der Waals surface area (Å²) in [6.07, 6.45) is 0.663. The molecule has 0 bridgehead atoms. The molecule has 0 saturated carbocycles. The molecular weight excluding hydrogens is 226 g/mol. The number of aryl methyl sites for hydroxylation is 2. The van der Waals surface area contributed by atoms with E-state index in [9.17, 15) is 9.90 Å². The van der Waals surface area contributed by atoms with Crippen molar-refractivity contribution in [3.63, 3.8) is 0 Å². The highest BCUT2D eigenvalue weighted by Crippen LogP contribution is 2.11. The van der Waals surface area contributed by atoms with Crippen LogP contribution in [0.25, 0.3) is 0 Å². The van der Waals surface area contributed by atoms with E-state index in [0.29, 0.717) is 6.42 Å². The maximum atomic E-state index is 11.6. The third kappa shape index (κ3) is 4.15. The number of hydrogen-bond donors (Lipinski definition) is 2. The molecule has 100 valence electrons. The van der Waals surface area contributed by atoms with E-state index >= 15 is 0 Å². The van der Waals surface area contributed by atoms with Crippen molar-refractivity contribution in [3.05, 3.63) is 34.9 Å². The molecule has 1 amide bonds. The lowest BCUT2D eigenvalue weighted by molar-refractivity contribution is -0.125. The first-order chi connectivity index (χ1) is 8.43. The van der Waals surface area contributed by atoms with Gasteiger partial charge in [-0.1, -0.05) is 32.0 Å². The van der Waals surface area contributed by atoms with Gasteiger partial charge in [0.15, 0.2) is 0 Å². The Bertz CT molecular complexity index is 413. The van der Waals surface area contributed by atoms with Crippen LogP contribution in [0.5, 0.6) is 0 Å². The zero-order valence-electron chi connectivity index (χ0n) is 11.7. The van der Waals surface area contributed by atoms with Gasteiger partial charge in [0.05, 0.1) is 12.6 Å². The molecule has 0 spiro atoms. The molecule has 0 aromatic heterocycles. The summed E-state index contributed by atoms with van der Waals surface area (Å²) in [5.41, 5.74) is 3.63. The number of amides is 1. The fraction of sp³-hybridized carbons (Fsp3) is 0.533. The molecule has 0 unspecified atom stereocenters. The summed E-state index contributed by atoms with van der Waals surface area (Å²) in [5, 5.41) is 12.2. The Hall–Kier alpha value is -1.35. The summed E-state index contributed by atoms with van der Waals surface area (Å²) in [6.45, 7) is 7.80. The van der Waals surface area contributed by atoms with Crippen LogP contribution < -0.4 is 5.32 Å². The predicted octanol–water partition coefficient (Wildman–Crippen LogP) is 1.98. The monoisotopic (exact) mass is 249 g/mol. The molecule has 2 N–H and O–H groups in total. The van der Waals surface area contributed by atoms with Gasteiger partial charge in [-0.25, -0.2) is 0 Å². The summed E-state index contributed by atoms with van der Waals surface area (Å²) in [4.78, 5) is 11.6. The lowest BCUT2D eigenvalue weighted by Crippen LogP contribution is -2.41. The van der Waals surface area contributed by atoms with Crippen molar-refractivity contribution in [2.75, 3.05) is 6.61 Å². The van der Waals surface area contributed by atoms with Crippen molar-refractivity contribution < 1.29 is 9.90 Å². The quantitative estimate of drug-likeness (QED) is 0.838. The highest BCUT2D eigenvalue weighted by molar-refractivity contribution is 5.78. The van der Waals surface area contributed by atoms with Gasteiger partial charge in [-0.3, -0.25) is 4.79 Å². The summed E-state index contributed by atoms with van der Waals surface area (Å²) in [7, 11) is 0. The first-order valence-corrected chi connectivity index (χ1v) is 6.41. The zero-order valence-corrected chi connectivity index (χ0v) is 11.7. The second kappa shape index (κ2) is 6.55. The Labute approximate surface area is 109 Å². The molecule has 1 rings (SSSR count). The van der Waals surface area contributed by atoms with E-state index < -0.39 is 0 Å². The van der Waals surface area contributed by atoms with Crippen LogP contribution in [0.1, 0.15) is 30.5 Å². The van der Waals surface area contributed by atoms with E-state index in [1.165, 1.54) is 11.1 Å². The standard InChI is InChI=1S/C15H23NO2/c1-10(2)15(18)16-14(9-17)8-13-6-5-11(3)12(4)7-13/h5-7,10,14,17H,8-9H2,1-4H3,(H,16,18)/t14-/m1/s1. The first kappa shape index (κ1) is 14.7. The topological polar surface area (TPSA) is 49.3 Å². The van der Waals surface area contributed by atoms with Crippen LogP contribution >= 0.6 is 0 Å². The summed E-state index contributed by atoms with van der Waals surface area (Å²) in [6, 6.07) is 6.03. The Kier molecular flexibility index (Phi) is 5.35. The van der Waals surface area contributed by atoms with Crippen LogP contribution in [0.4, 0.5) is 0 Å². The second-order valence-corrected chi connectivity index (χ2v) is 5.17. The number of aliphatic hydroxyl groups is 1. The third-order valence-electron chi connectivity index (χ3n) is 3.14. The highest BCUT2D eigenvalue weighted by atomic mass is 16.3. The van der Waals surface area contributed by atoms with Gasteiger partial charge in [-0.2, -0.15) is 0 Å². The van der Waals surface area contributed by atoms with Crippen molar-refractivity contribution in [2.45, 2.75) is 40.2 Å². The molecule has 3 heteroatoms. The molecular formula is C15H23NO2. The maximum absolute atomic E-state index is 11.6.